The lowest BCUT2D eigenvalue weighted by Crippen LogP contribution is -2.54. The van der Waals surface area contributed by atoms with Crippen LogP contribution in [0.4, 0.5) is 0 Å². The maximum atomic E-state index is 10.3. The molecule has 0 aromatic heterocycles. The van der Waals surface area contributed by atoms with Crippen LogP contribution in [0, 0.1) is 40.4 Å². The van der Waals surface area contributed by atoms with Crippen molar-refractivity contribution in [3.05, 3.63) is 0 Å². The summed E-state index contributed by atoms with van der Waals surface area (Å²) in [4.78, 5) is 0. The van der Waals surface area contributed by atoms with Crippen LogP contribution in [0.2, 0.25) is 0 Å². The third kappa shape index (κ3) is 2.27. The van der Waals surface area contributed by atoms with Gasteiger partial charge in [-0.3, -0.25) is 0 Å². The van der Waals surface area contributed by atoms with E-state index < -0.39 is 0 Å². The third-order valence-electron chi connectivity index (χ3n) is 9.29. The second kappa shape index (κ2) is 5.46. The molecule has 2 N–H and O–H groups in total. The van der Waals surface area contributed by atoms with Crippen molar-refractivity contribution < 1.29 is 10.2 Å². The zero-order valence-corrected chi connectivity index (χ0v) is 15.3. The van der Waals surface area contributed by atoms with Crippen LogP contribution in [0.1, 0.15) is 78.6 Å². The molecule has 4 aliphatic carbocycles. The van der Waals surface area contributed by atoms with E-state index in [1.165, 1.54) is 44.9 Å². The highest BCUT2D eigenvalue weighted by Crippen LogP contribution is 2.67. The van der Waals surface area contributed by atoms with Crippen molar-refractivity contribution in [1.29, 1.82) is 0 Å². The lowest BCUT2D eigenvalue weighted by Gasteiger charge is -2.61. The second-order valence-electron chi connectivity index (χ2n) is 10.1. The Labute approximate surface area is 142 Å². The Morgan fingerprint density at radius 2 is 1.57 bits per heavy atom. The van der Waals surface area contributed by atoms with Crippen LogP contribution in [0.5, 0.6) is 0 Å². The van der Waals surface area contributed by atoms with Crippen LogP contribution in [0.15, 0.2) is 0 Å². The van der Waals surface area contributed by atoms with E-state index in [2.05, 4.69) is 13.8 Å². The number of rotatable bonds is 1. The molecule has 0 aromatic carbocycles. The molecule has 0 aromatic rings. The van der Waals surface area contributed by atoms with Gasteiger partial charge >= 0.3 is 0 Å². The molecule has 0 spiro atoms. The quantitative estimate of drug-likeness (QED) is 0.752. The zero-order chi connectivity index (χ0) is 16.4. The summed E-state index contributed by atoms with van der Waals surface area (Å²) in [5.74, 6) is 3.87. The van der Waals surface area contributed by atoms with Gasteiger partial charge in [-0.2, -0.15) is 0 Å². The van der Waals surface area contributed by atoms with E-state index in [0.29, 0.717) is 16.7 Å². The van der Waals surface area contributed by atoms with Gasteiger partial charge in [-0.25, -0.2) is 0 Å². The Morgan fingerprint density at radius 3 is 2.30 bits per heavy atom. The minimum absolute atomic E-state index is 0.0374. The van der Waals surface area contributed by atoms with Crippen LogP contribution in [0.3, 0.4) is 0 Å². The fraction of sp³-hybridized carbons (Fsp3) is 1.00. The van der Waals surface area contributed by atoms with E-state index in [1.807, 2.05) is 6.92 Å². The van der Waals surface area contributed by atoms with Gasteiger partial charge in [0.25, 0.3) is 0 Å². The highest BCUT2D eigenvalue weighted by Gasteiger charge is 2.60. The Hall–Kier alpha value is -0.0800. The summed E-state index contributed by atoms with van der Waals surface area (Å²) in [7, 11) is 0. The van der Waals surface area contributed by atoms with Crippen LogP contribution in [-0.2, 0) is 0 Å². The van der Waals surface area contributed by atoms with Crippen molar-refractivity contribution in [3.63, 3.8) is 0 Å². The Morgan fingerprint density at radius 1 is 0.870 bits per heavy atom. The van der Waals surface area contributed by atoms with Gasteiger partial charge in [-0.1, -0.05) is 13.8 Å². The van der Waals surface area contributed by atoms with E-state index in [1.54, 1.807) is 0 Å². The van der Waals surface area contributed by atoms with E-state index >= 15 is 0 Å². The van der Waals surface area contributed by atoms with Crippen molar-refractivity contribution in [1.82, 2.24) is 0 Å². The van der Waals surface area contributed by atoms with Crippen LogP contribution in [-0.4, -0.2) is 22.4 Å². The molecule has 4 saturated carbocycles. The molecule has 0 amide bonds. The number of hydrogen-bond acceptors (Lipinski definition) is 2. The first-order chi connectivity index (χ1) is 10.9. The standard InChI is InChI=1S/C21H36O2/c1-13(22)17-6-7-18-16-5-4-14-12-15(23)8-10-20(14,2)19(16)9-11-21(17,18)3/h13-19,22-23H,4-12H2,1-3H3/t13-,14-,15-,16+,17-,18+,19+,20-,21+/m0/s1. The molecule has 4 fully saturated rings. The Balaban J connectivity index is 1.60. The first kappa shape index (κ1) is 16.4. The first-order valence-electron chi connectivity index (χ1n) is 10.2. The monoisotopic (exact) mass is 320 g/mol. The average Bonchev–Trinajstić information content (AvgIpc) is 2.85. The first-order valence-corrected chi connectivity index (χ1v) is 10.2. The smallest absolute Gasteiger partial charge is 0.0545 e. The zero-order valence-electron chi connectivity index (χ0n) is 15.3. The maximum absolute atomic E-state index is 10.3. The third-order valence-corrected chi connectivity index (χ3v) is 9.29. The highest BCUT2D eigenvalue weighted by molar-refractivity contribution is 5.09. The molecule has 4 aliphatic rings. The van der Waals surface area contributed by atoms with E-state index in [4.69, 9.17) is 0 Å². The average molecular weight is 321 g/mol. The summed E-state index contributed by atoms with van der Waals surface area (Å²) in [5.41, 5.74) is 0.860. The molecule has 0 unspecified atom stereocenters. The predicted molar refractivity (Wildman–Crippen MR) is 92.9 cm³/mol. The molecule has 0 bridgehead atoms. The summed E-state index contributed by atoms with van der Waals surface area (Å²) in [6.07, 6.45) is 11.1. The number of aliphatic hydroxyl groups is 2. The van der Waals surface area contributed by atoms with E-state index in [9.17, 15) is 10.2 Å². The SMILES string of the molecule is C[C@H](O)[C@@H]1CC[C@@H]2[C@H]3CC[C@H]4C[C@@H](O)CC[C@]4(C)[C@@H]3CC[C@@]21C. The van der Waals surface area contributed by atoms with Gasteiger partial charge in [-0.15, -0.1) is 0 Å². The molecule has 23 heavy (non-hydrogen) atoms. The minimum atomic E-state index is -0.140. The predicted octanol–water partition coefficient (Wildman–Crippen LogP) is 4.39. The van der Waals surface area contributed by atoms with Crippen LogP contribution < -0.4 is 0 Å². The largest absolute Gasteiger partial charge is 0.393 e. The minimum Gasteiger partial charge on any atom is -0.393 e. The van der Waals surface area contributed by atoms with Gasteiger partial charge in [-0.05, 0) is 105 Å². The van der Waals surface area contributed by atoms with Crippen molar-refractivity contribution in [2.24, 2.45) is 40.4 Å². The fourth-order valence-corrected chi connectivity index (χ4v) is 8.07. The number of fused-ring (bicyclic) bond motifs is 5. The molecule has 2 heteroatoms. The molecule has 0 aliphatic heterocycles. The molecule has 0 heterocycles. The van der Waals surface area contributed by atoms with Crippen LogP contribution >= 0.6 is 0 Å². The van der Waals surface area contributed by atoms with Crippen molar-refractivity contribution in [3.8, 4) is 0 Å². The number of aliphatic hydroxyl groups excluding tert-OH is 2. The molecular formula is C21H36O2. The lowest BCUT2D eigenvalue weighted by atomic mass is 9.44. The van der Waals surface area contributed by atoms with E-state index in [-0.39, 0.29) is 12.2 Å². The molecule has 4 rings (SSSR count). The molecule has 132 valence electrons. The van der Waals surface area contributed by atoms with Crippen molar-refractivity contribution in [2.45, 2.75) is 90.8 Å². The topological polar surface area (TPSA) is 40.5 Å². The summed E-state index contributed by atoms with van der Waals surface area (Å²) in [6, 6.07) is 0. The van der Waals surface area contributed by atoms with Gasteiger partial charge in [0.15, 0.2) is 0 Å². The fourth-order valence-electron chi connectivity index (χ4n) is 8.07. The lowest BCUT2D eigenvalue weighted by molar-refractivity contribution is -0.132. The summed E-state index contributed by atoms with van der Waals surface area (Å²) >= 11 is 0. The van der Waals surface area contributed by atoms with Crippen LogP contribution in [0.25, 0.3) is 0 Å². The maximum Gasteiger partial charge on any atom is 0.0545 e. The van der Waals surface area contributed by atoms with Gasteiger partial charge in [0.05, 0.1) is 12.2 Å². The summed E-state index contributed by atoms with van der Waals surface area (Å²) in [5, 5.41) is 20.4. The normalized spacial score (nSPS) is 57.3. The summed E-state index contributed by atoms with van der Waals surface area (Å²) in [6.45, 7) is 7.08. The highest BCUT2D eigenvalue weighted by atomic mass is 16.3. The Kier molecular flexibility index (Phi) is 3.89. The van der Waals surface area contributed by atoms with Gasteiger partial charge in [0, 0.05) is 0 Å². The van der Waals surface area contributed by atoms with Gasteiger partial charge in [0.1, 0.15) is 0 Å². The molecule has 0 saturated heterocycles. The molecular weight excluding hydrogens is 284 g/mol. The van der Waals surface area contributed by atoms with E-state index in [0.717, 1.165) is 36.5 Å². The Bertz CT molecular complexity index is 461. The molecule has 2 nitrogen and oxygen atoms in total. The van der Waals surface area contributed by atoms with Crippen molar-refractivity contribution >= 4 is 0 Å². The summed E-state index contributed by atoms with van der Waals surface area (Å²) < 4.78 is 0. The van der Waals surface area contributed by atoms with Crippen molar-refractivity contribution in [2.75, 3.05) is 0 Å². The second-order valence-corrected chi connectivity index (χ2v) is 10.1. The van der Waals surface area contributed by atoms with Gasteiger partial charge in [0.2, 0.25) is 0 Å². The number of hydrogen-bond donors (Lipinski definition) is 2. The molecule has 0 radical (unpaired) electrons. The molecule has 9 atom stereocenters. The van der Waals surface area contributed by atoms with Gasteiger partial charge < -0.3 is 10.2 Å².